The fourth-order valence-corrected chi connectivity index (χ4v) is 4.18. The minimum Gasteiger partial charge on any atom is -0.317 e. The number of rotatable bonds is 2. The Bertz CT molecular complexity index is 1170. The number of allylic oxidation sites excluding steroid dienone is 6. The van der Waals surface area contributed by atoms with E-state index in [2.05, 4.69) is 20.4 Å². The fourth-order valence-electron chi connectivity index (χ4n) is 4.18. The average Bonchev–Trinajstić information content (AvgIpc) is 3.16. The number of aliphatic imine (C=N–C) groups is 1. The fraction of sp³-hybridized carbons (Fsp3) is 0.304. The minimum atomic E-state index is -0.0960. The molecule has 3 aliphatic heterocycles. The van der Waals surface area contributed by atoms with Crippen molar-refractivity contribution in [3.63, 3.8) is 0 Å². The minimum absolute atomic E-state index is 0.0960. The van der Waals surface area contributed by atoms with E-state index in [1.807, 2.05) is 55.1 Å². The molecule has 2 aromatic rings. The third-order valence-electron chi connectivity index (χ3n) is 5.76. The highest BCUT2D eigenvalue weighted by atomic mass is 16.2. The summed E-state index contributed by atoms with van der Waals surface area (Å²) in [5.41, 5.74) is 6.04. The first kappa shape index (κ1) is 18.7. The lowest BCUT2D eigenvalue weighted by Gasteiger charge is -2.28. The zero-order valence-corrected chi connectivity index (χ0v) is 17.2. The van der Waals surface area contributed by atoms with Crippen LogP contribution >= 0.6 is 0 Å². The van der Waals surface area contributed by atoms with Crippen molar-refractivity contribution in [3.05, 3.63) is 71.2 Å². The van der Waals surface area contributed by atoms with Gasteiger partial charge in [0.05, 0.1) is 46.4 Å². The summed E-state index contributed by atoms with van der Waals surface area (Å²) in [5, 5.41) is 8.05. The van der Waals surface area contributed by atoms with Crippen molar-refractivity contribution in [3.8, 4) is 0 Å². The zero-order chi connectivity index (χ0) is 20.7. The SMILES string of the molecule is Cc1cn2nc(C3=CC(=O)N4C=C(C5CCNCC5)N=C/C4=C\C=C3)cc2c(C)n1. The van der Waals surface area contributed by atoms with Crippen LogP contribution in [0.5, 0.6) is 0 Å². The third-order valence-corrected chi connectivity index (χ3v) is 5.76. The van der Waals surface area contributed by atoms with Crippen molar-refractivity contribution in [2.75, 3.05) is 13.1 Å². The van der Waals surface area contributed by atoms with Gasteiger partial charge in [0.15, 0.2) is 0 Å². The van der Waals surface area contributed by atoms with Crippen LogP contribution < -0.4 is 5.32 Å². The molecule has 5 heterocycles. The first-order valence-electron chi connectivity index (χ1n) is 10.3. The Morgan fingerprint density at radius 2 is 2.03 bits per heavy atom. The molecule has 0 atom stereocenters. The molecule has 5 rings (SSSR count). The second-order valence-corrected chi connectivity index (χ2v) is 7.92. The van der Waals surface area contributed by atoms with Crippen LogP contribution in [0.1, 0.15) is 29.9 Å². The smallest absolute Gasteiger partial charge is 0.255 e. The Hall–Kier alpha value is -3.32. The van der Waals surface area contributed by atoms with Crippen LogP contribution in [0.15, 0.2) is 59.2 Å². The van der Waals surface area contributed by atoms with Gasteiger partial charge in [-0.25, -0.2) is 4.52 Å². The van der Waals surface area contributed by atoms with Crippen LogP contribution in [0.2, 0.25) is 0 Å². The maximum Gasteiger partial charge on any atom is 0.255 e. The van der Waals surface area contributed by atoms with E-state index in [-0.39, 0.29) is 5.91 Å². The van der Waals surface area contributed by atoms with E-state index in [1.54, 1.807) is 17.2 Å². The standard InChI is InChI=1S/C23H24N6O/c1-15-13-29-22(16(2)26-15)11-20(27-29)18-4-3-5-19-12-25-21(14-28(19)23(30)10-18)17-6-8-24-9-7-17/h3-5,10-14,17,24H,6-9H2,1-2H3/b4-3?,18-10?,19-5+. The number of hydrogen-bond donors (Lipinski definition) is 1. The highest BCUT2D eigenvalue weighted by Crippen LogP contribution is 2.28. The Labute approximate surface area is 175 Å². The molecular weight excluding hydrogens is 376 g/mol. The number of carbonyl (C=O) groups is 1. The van der Waals surface area contributed by atoms with Gasteiger partial charge in [0.1, 0.15) is 0 Å². The van der Waals surface area contributed by atoms with E-state index in [0.29, 0.717) is 5.92 Å². The van der Waals surface area contributed by atoms with Crippen molar-refractivity contribution in [2.45, 2.75) is 26.7 Å². The normalized spacial score (nSPS) is 21.6. The third kappa shape index (κ3) is 3.41. The van der Waals surface area contributed by atoms with Crippen LogP contribution in [0.4, 0.5) is 0 Å². The summed E-state index contributed by atoms with van der Waals surface area (Å²) in [4.78, 5) is 24.0. The summed E-state index contributed by atoms with van der Waals surface area (Å²) in [6.45, 7) is 5.89. The van der Waals surface area contributed by atoms with E-state index >= 15 is 0 Å². The van der Waals surface area contributed by atoms with Crippen LogP contribution in [0.25, 0.3) is 11.1 Å². The Kier molecular flexibility index (Phi) is 4.67. The van der Waals surface area contributed by atoms with Gasteiger partial charge < -0.3 is 5.32 Å². The summed E-state index contributed by atoms with van der Waals surface area (Å²) < 4.78 is 1.83. The molecule has 0 aliphatic carbocycles. The van der Waals surface area contributed by atoms with Gasteiger partial charge in [-0.3, -0.25) is 19.7 Å². The summed E-state index contributed by atoms with van der Waals surface area (Å²) in [6.07, 6.45) is 15.1. The van der Waals surface area contributed by atoms with Crippen molar-refractivity contribution in [1.29, 1.82) is 0 Å². The molecule has 1 saturated heterocycles. The number of piperidine rings is 1. The van der Waals surface area contributed by atoms with Crippen molar-refractivity contribution >= 4 is 23.2 Å². The second kappa shape index (κ2) is 7.50. The average molecular weight is 400 g/mol. The van der Waals surface area contributed by atoms with Gasteiger partial charge in [-0.1, -0.05) is 12.2 Å². The molecule has 0 radical (unpaired) electrons. The van der Waals surface area contributed by atoms with Crippen LogP contribution in [0.3, 0.4) is 0 Å². The first-order chi connectivity index (χ1) is 14.6. The number of amides is 1. The van der Waals surface area contributed by atoms with Gasteiger partial charge in [-0.2, -0.15) is 5.10 Å². The molecule has 1 amide bonds. The molecule has 0 spiro atoms. The second-order valence-electron chi connectivity index (χ2n) is 7.92. The predicted octanol–water partition coefficient (Wildman–Crippen LogP) is 2.94. The molecular formula is C23H24N6O. The highest BCUT2D eigenvalue weighted by Gasteiger charge is 2.24. The summed E-state index contributed by atoms with van der Waals surface area (Å²) >= 11 is 0. The van der Waals surface area contributed by atoms with Crippen molar-refractivity contribution in [2.24, 2.45) is 10.9 Å². The molecule has 0 aromatic carbocycles. The molecule has 7 heteroatoms. The van der Waals surface area contributed by atoms with Gasteiger partial charge >= 0.3 is 0 Å². The number of aryl methyl sites for hydroxylation is 2. The van der Waals surface area contributed by atoms with Crippen LogP contribution in [-0.4, -0.2) is 44.7 Å². The molecule has 30 heavy (non-hydrogen) atoms. The molecule has 1 fully saturated rings. The molecule has 3 aliphatic rings. The van der Waals surface area contributed by atoms with E-state index in [4.69, 9.17) is 0 Å². The molecule has 0 bridgehead atoms. The summed E-state index contributed by atoms with van der Waals surface area (Å²) in [5.74, 6) is 0.291. The monoisotopic (exact) mass is 400 g/mol. The van der Waals surface area contributed by atoms with E-state index in [9.17, 15) is 4.79 Å². The summed E-state index contributed by atoms with van der Waals surface area (Å²) in [6, 6.07) is 1.98. The molecule has 152 valence electrons. The van der Waals surface area contributed by atoms with E-state index < -0.39 is 0 Å². The molecule has 7 nitrogen and oxygen atoms in total. The number of nitrogens with one attached hydrogen (secondary N) is 1. The molecule has 0 unspecified atom stereocenters. The molecule has 1 N–H and O–H groups in total. The number of aromatic nitrogens is 3. The maximum absolute atomic E-state index is 13.2. The van der Waals surface area contributed by atoms with E-state index in [1.165, 1.54) is 0 Å². The van der Waals surface area contributed by atoms with Crippen molar-refractivity contribution in [1.82, 2.24) is 24.8 Å². The Morgan fingerprint density at radius 1 is 1.20 bits per heavy atom. The van der Waals surface area contributed by atoms with Crippen LogP contribution in [-0.2, 0) is 4.79 Å². The van der Waals surface area contributed by atoms with Gasteiger partial charge in [-0.15, -0.1) is 0 Å². The quantitative estimate of drug-likeness (QED) is 0.841. The number of nitrogens with zero attached hydrogens (tertiary/aromatic N) is 5. The Balaban J connectivity index is 1.50. The first-order valence-corrected chi connectivity index (χ1v) is 10.3. The lowest BCUT2D eigenvalue weighted by atomic mass is 9.94. The molecule has 2 aromatic heterocycles. The van der Waals surface area contributed by atoms with Crippen molar-refractivity contribution < 1.29 is 4.79 Å². The largest absolute Gasteiger partial charge is 0.317 e. The molecule has 0 saturated carbocycles. The zero-order valence-electron chi connectivity index (χ0n) is 17.2. The lowest BCUT2D eigenvalue weighted by molar-refractivity contribution is -0.121. The van der Waals surface area contributed by atoms with E-state index in [0.717, 1.165) is 65.5 Å². The van der Waals surface area contributed by atoms with Gasteiger partial charge in [0.2, 0.25) is 0 Å². The number of carbonyl (C=O) groups excluding carboxylic acids is 1. The van der Waals surface area contributed by atoms with Crippen LogP contribution in [0, 0.1) is 19.8 Å². The lowest BCUT2D eigenvalue weighted by Crippen LogP contribution is -2.32. The van der Waals surface area contributed by atoms with Gasteiger partial charge in [0.25, 0.3) is 5.91 Å². The topological polar surface area (TPSA) is 74.9 Å². The van der Waals surface area contributed by atoms with Gasteiger partial charge in [-0.05, 0) is 51.9 Å². The predicted molar refractivity (Wildman–Crippen MR) is 117 cm³/mol. The van der Waals surface area contributed by atoms with Gasteiger partial charge in [0, 0.05) is 23.8 Å². The Morgan fingerprint density at radius 3 is 2.87 bits per heavy atom. The number of fused-ring (bicyclic) bond motifs is 2. The number of hydrogen-bond acceptors (Lipinski definition) is 5. The maximum atomic E-state index is 13.2. The summed E-state index contributed by atoms with van der Waals surface area (Å²) in [7, 11) is 0. The highest BCUT2D eigenvalue weighted by molar-refractivity contribution is 6.02.